The van der Waals surface area contributed by atoms with Crippen LogP contribution in [0.3, 0.4) is 0 Å². The van der Waals surface area contributed by atoms with Gasteiger partial charge in [0.2, 0.25) is 0 Å². The Morgan fingerprint density at radius 1 is 1.25 bits per heavy atom. The van der Waals surface area contributed by atoms with E-state index in [-0.39, 0.29) is 0 Å². The number of hydrogen-bond donors (Lipinski definition) is 1. The van der Waals surface area contributed by atoms with Crippen LogP contribution in [0, 0.1) is 5.92 Å². The van der Waals surface area contributed by atoms with Gasteiger partial charge in [-0.05, 0) is 44.3 Å². The number of nitrogens with zero attached hydrogens (tertiary/aromatic N) is 1. The molecular formula is C18H30N2. The van der Waals surface area contributed by atoms with Gasteiger partial charge in [0.05, 0.1) is 0 Å². The van der Waals surface area contributed by atoms with Gasteiger partial charge in [-0.25, -0.2) is 0 Å². The maximum atomic E-state index is 3.51. The van der Waals surface area contributed by atoms with Gasteiger partial charge in [-0.2, -0.15) is 0 Å². The van der Waals surface area contributed by atoms with E-state index in [1.165, 1.54) is 44.3 Å². The second kappa shape index (κ2) is 7.80. The first-order chi connectivity index (χ1) is 9.76. The Labute approximate surface area is 124 Å². The molecule has 3 unspecified atom stereocenters. The van der Waals surface area contributed by atoms with E-state index in [4.69, 9.17) is 0 Å². The lowest BCUT2D eigenvalue weighted by Crippen LogP contribution is -2.43. The van der Waals surface area contributed by atoms with Crippen molar-refractivity contribution in [2.75, 3.05) is 20.1 Å². The molecule has 0 aliphatic carbocycles. The summed E-state index contributed by atoms with van der Waals surface area (Å²) in [6.45, 7) is 7.21. The summed E-state index contributed by atoms with van der Waals surface area (Å²) in [5.74, 6) is 0.634. The zero-order chi connectivity index (χ0) is 14.4. The van der Waals surface area contributed by atoms with Gasteiger partial charge in [0, 0.05) is 18.6 Å². The molecular weight excluding hydrogens is 244 g/mol. The highest BCUT2D eigenvalue weighted by molar-refractivity contribution is 5.19. The summed E-state index contributed by atoms with van der Waals surface area (Å²) >= 11 is 0. The van der Waals surface area contributed by atoms with Crippen molar-refractivity contribution in [2.24, 2.45) is 5.92 Å². The molecule has 3 atom stereocenters. The van der Waals surface area contributed by atoms with Crippen LogP contribution in [0.5, 0.6) is 0 Å². The molecule has 1 aromatic carbocycles. The van der Waals surface area contributed by atoms with Crippen molar-refractivity contribution in [3.63, 3.8) is 0 Å². The minimum Gasteiger partial charge on any atom is -0.313 e. The van der Waals surface area contributed by atoms with Crippen molar-refractivity contribution < 1.29 is 0 Å². The van der Waals surface area contributed by atoms with Gasteiger partial charge in [-0.1, -0.05) is 50.6 Å². The minimum atomic E-state index is 0.454. The van der Waals surface area contributed by atoms with Crippen LogP contribution in [-0.2, 0) is 0 Å². The van der Waals surface area contributed by atoms with Gasteiger partial charge >= 0.3 is 0 Å². The number of nitrogens with one attached hydrogen (secondary N) is 1. The Kier molecular flexibility index (Phi) is 6.06. The fourth-order valence-electron chi connectivity index (χ4n) is 3.68. The first-order valence-corrected chi connectivity index (χ1v) is 8.22. The van der Waals surface area contributed by atoms with Crippen molar-refractivity contribution in [1.82, 2.24) is 10.2 Å². The summed E-state index contributed by atoms with van der Waals surface area (Å²) in [6, 6.07) is 12.1. The van der Waals surface area contributed by atoms with Gasteiger partial charge in [-0.3, -0.25) is 0 Å². The lowest BCUT2D eigenvalue weighted by atomic mass is 9.92. The third-order valence-electron chi connectivity index (χ3n) is 4.78. The first kappa shape index (κ1) is 15.5. The predicted octanol–water partition coefficient (Wildman–Crippen LogP) is 3.85. The second-order valence-corrected chi connectivity index (χ2v) is 6.21. The zero-order valence-electron chi connectivity index (χ0n) is 13.3. The maximum Gasteiger partial charge on any atom is 0.0355 e. The third-order valence-corrected chi connectivity index (χ3v) is 4.78. The highest BCUT2D eigenvalue weighted by atomic mass is 15.2. The summed E-state index contributed by atoms with van der Waals surface area (Å²) < 4.78 is 0. The Bertz CT molecular complexity index is 376. The lowest BCUT2D eigenvalue weighted by Gasteiger charge is -2.38. The van der Waals surface area contributed by atoms with E-state index >= 15 is 0 Å². The molecule has 0 spiro atoms. The Balaban J connectivity index is 2.00. The fraction of sp³-hybridized carbons (Fsp3) is 0.667. The van der Waals surface area contributed by atoms with E-state index in [1.54, 1.807) is 0 Å². The van der Waals surface area contributed by atoms with E-state index in [0.717, 1.165) is 6.04 Å². The van der Waals surface area contributed by atoms with E-state index in [1.807, 2.05) is 0 Å². The predicted molar refractivity (Wildman–Crippen MR) is 86.9 cm³/mol. The number of rotatable bonds is 6. The van der Waals surface area contributed by atoms with Crippen LogP contribution in [0.2, 0.25) is 0 Å². The summed E-state index contributed by atoms with van der Waals surface area (Å²) in [4.78, 5) is 2.72. The van der Waals surface area contributed by atoms with Crippen LogP contribution in [0.25, 0.3) is 0 Å². The topological polar surface area (TPSA) is 15.3 Å². The second-order valence-electron chi connectivity index (χ2n) is 6.21. The van der Waals surface area contributed by atoms with E-state index in [2.05, 4.69) is 61.4 Å². The Hall–Kier alpha value is -0.860. The summed E-state index contributed by atoms with van der Waals surface area (Å²) in [6.07, 6.45) is 5.47. The molecule has 2 nitrogen and oxygen atoms in total. The lowest BCUT2D eigenvalue weighted by molar-refractivity contribution is 0.115. The molecule has 1 aliphatic rings. The molecule has 1 fully saturated rings. The van der Waals surface area contributed by atoms with Crippen LogP contribution in [0.4, 0.5) is 0 Å². The maximum absolute atomic E-state index is 3.51. The molecule has 2 heteroatoms. The molecule has 0 bridgehead atoms. The van der Waals surface area contributed by atoms with Gasteiger partial charge in [-0.15, -0.1) is 0 Å². The Morgan fingerprint density at radius 3 is 2.65 bits per heavy atom. The van der Waals surface area contributed by atoms with E-state index in [9.17, 15) is 0 Å². The standard InChI is InChI=1S/C18H30N2/c1-4-17-12-8-9-13-20(17)14-15(2)18(19-3)16-10-6-5-7-11-16/h5-7,10-11,15,17-19H,4,8-9,12-14H2,1-3H3. The zero-order valence-corrected chi connectivity index (χ0v) is 13.3. The molecule has 0 amide bonds. The van der Waals surface area contributed by atoms with Crippen molar-refractivity contribution in [1.29, 1.82) is 0 Å². The number of benzene rings is 1. The molecule has 2 rings (SSSR count). The Morgan fingerprint density at radius 2 is 2.00 bits per heavy atom. The molecule has 0 saturated carbocycles. The van der Waals surface area contributed by atoms with Crippen molar-refractivity contribution in [2.45, 2.75) is 51.6 Å². The molecule has 1 aliphatic heterocycles. The van der Waals surface area contributed by atoms with Crippen LogP contribution in [-0.4, -0.2) is 31.1 Å². The molecule has 1 heterocycles. The average Bonchev–Trinajstić information content (AvgIpc) is 2.49. The smallest absolute Gasteiger partial charge is 0.0355 e. The van der Waals surface area contributed by atoms with Crippen LogP contribution in [0.1, 0.15) is 51.1 Å². The minimum absolute atomic E-state index is 0.454. The van der Waals surface area contributed by atoms with Crippen LogP contribution < -0.4 is 5.32 Å². The molecule has 0 aromatic heterocycles. The normalized spacial score (nSPS) is 23.4. The van der Waals surface area contributed by atoms with Crippen LogP contribution in [0.15, 0.2) is 30.3 Å². The summed E-state index contributed by atoms with van der Waals surface area (Å²) in [5, 5.41) is 3.51. The molecule has 1 aromatic rings. The summed E-state index contributed by atoms with van der Waals surface area (Å²) in [5.41, 5.74) is 1.41. The monoisotopic (exact) mass is 274 g/mol. The fourth-order valence-corrected chi connectivity index (χ4v) is 3.68. The first-order valence-electron chi connectivity index (χ1n) is 8.22. The van der Waals surface area contributed by atoms with Crippen molar-refractivity contribution in [3.05, 3.63) is 35.9 Å². The van der Waals surface area contributed by atoms with Gasteiger partial charge in [0.1, 0.15) is 0 Å². The van der Waals surface area contributed by atoms with Crippen molar-refractivity contribution >= 4 is 0 Å². The highest BCUT2D eigenvalue weighted by Crippen LogP contribution is 2.26. The summed E-state index contributed by atoms with van der Waals surface area (Å²) in [7, 11) is 2.08. The number of piperidine rings is 1. The van der Waals surface area contributed by atoms with Crippen LogP contribution >= 0.6 is 0 Å². The average molecular weight is 274 g/mol. The number of likely N-dealkylation sites (tertiary alicyclic amines) is 1. The van der Waals surface area contributed by atoms with E-state index < -0.39 is 0 Å². The quantitative estimate of drug-likeness (QED) is 0.847. The molecule has 1 saturated heterocycles. The van der Waals surface area contributed by atoms with Gasteiger partial charge in [0.25, 0.3) is 0 Å². The largest absolute Gasteiger partial charge is 0.313 e. The highest BCUT2D eigenvalue weighted by Gasteiger charge is 2.25. The molecule has 20 heavy (non-hydrogen) atoms. The van der Waals surface area contributed by atoms with Gasteiger partial charge in [0.15, 0.2) is 0 Å². The molecule has 0 radical (unpaired) electrons. The van der Waals surface area contributed by atoms with Crippen molar-refractivity contribution in [3.8, 4) is 0 Å². The third kappa shape index (κ3) is 3.83. The number of hydrogen-bond acceptors (Lipinski definition) is 2. The SMILES string of the molecule is CCC1CCCCN1CC(C)C(NC)c1ccccc1. The molecule has 1 N–H and O–H groups in total. The van der Waals surface area contributed by atoms with Gasteiger partial charge < -0.3 is 10.2 Å². The molecule has 112 valence electrons. The van der Waals surface area contributed by atoms with E-state index in [0.29, 0.717) is 12.0 Å².